The minimum Gasteiger partial charge on any atom is -0.482 e. The summed E-state index contributed by atoms with van der Waals surface area (Å²) >= 11 is 5.90. The molecular formula is C20H18ClNO4. The first-order valence-corrected chi connectivity index (χ1v) is 8.47. The molecular weight excluding hydrogens is 354 g/mol. The van der Waals surface area contributed by atoms with Crippen molar-refractivity contribution in [3.63, 3.8) is 0 Å². The van der Waals surface area contributed by atoms with E-state index in [0.29, 0.717) is 28.1 Å². The summed E-state index contributed by atoms with van der Waals surface area (Å²) in [7, 11) is 0. The summed E-state index contributed by atoms with van der Waals surface area (Å²) in [6, 6.07) is 14.7. The molecule has 0 amide bonds. The minimum absolute atomic E-state index is 0.0317. The number of aromatic nitrogens is 1. The van der Waals surface area contributed by atoms with Crippen LogP contribution in [0.3, 0.4) is 0 Å². The van der Waals surface area contributed by atoms with Crippen molar-refractivity contribution in [2.75, 3.05) is 6.61 Å². The third-order valence-corrected chi connectivity index (χ3v) is 4.00. The number of esters is 1. The molecule has 1 aromatic heterocycles. The number of carbonyl (C=O) groups excluding carboxylic acids is 1. The van der Waals surface area contributed by atoms with Crippen molar-refractivity contribution in [1.82, 2.24) is 4.98 Å². The summed E-state index contributed by atoms with van der Waals surface area (Å²) < 4.78 is 16.3. The summed E-state index contributed by atoms with van der Waals surface area (Å²) in [5, 5.41) is 0.619. The lowest BCUT2D eigenvalue weighted by atomic mass is 10.2. The molecule has 0 spiro atoms. The lowest BCUT2D eigenvalue weighted by Crippen LogP contribution is -2.15. The van der Waals surface area contributed by atoms with Crippen LogP contribution in [0.5, 0.6) is 5.75 Å². The molecule has 2 aromatic carbocycles. The first kappa shape index (κ1) is 18.0. The third-order valence-electron chi connectivity index (χ3n) is 3.77. The fourth-order valence-corrected chi connectivity index (χ4v) is 2.59. The number of rotatable bonds is 6. The average Bonchev–Trinajstić information content (AvgIpc) is 3.01. The zero-order chi connectivity index (χ0) is 18.5. The first-order chi connectivity index (χ1) is 12.5. The van der Waals surface area contributed by atoms with E-state index >= 15 is 0 Å². The predicted octanol–water partition coefficient (Wildman–Crippen LogP) is 4.73. The van der Waals surface area contributed by atoms with Gasteiger partial charge in [0.25, 0.3) is 0 Å². The zero-order valence-corrected chi connectivity index (χ0v) is 15.2. The van der Waals surface area contributed by atoms with Gasteiger partial charge in [0, 0.05) is 10.6 Å². The number of nitrogens with zero attached hydrogens (tertiary/aromatic N) is 1. The van der Waals surface area contributed by atoms with Gasteiger partial charge >= 0.3 is 5.97 Å². The van der Waals surface area contributed by atoms with Crippen LogP contribution in [0, 0.1) is 13.8 Å². The fourth-order valence-electron chi connectivity index (χ4n) is 2.37. The Labute approximate surface area is 156 Å². The van der Waals surface area contributed by atoms with Gasteiger partial charge in [-0.3, -0.25) is 0 Å². The number of hydrogen-bond donors (Lipinski definition) is 0. The highest BCUT2D eigenvalue weighted by Gasteiger charge is 2.14. The van der Waals surface area contributed by atoms with E-state index in [1.165, 1.54) is 0 Å². The number of ether oxygens (including phenoxy) is 2. The molecule has 0 saturated carbocycles. The summed E-state index contributed by atoms with van der Waals surface area (Å²) in [5.74, 6) is 1.23. The molecule has 0 aliphatic heterocycles. The van der Waals surface area contributed by atoms with Crippen molar-refractivity contribution in [2.45, 2.75) is 20.5 Å². The quantitative estimate of drug-likeness (QED) is 0.586. The molecule has 0 fully saturated rings. The average molecular weight is 372 g/mol. The van der Waals surface area contributed by atoms with E-state index in [1.54, 1.807) is 25.1 Å². The maximum absolute atomic E-state index is 11.9. The number of carbonyl (C=O) groups is 1. The summed E-state index contributed by atoms with van der Waals surface area (Å²) in [6.07, 6.45) is 0. The van der Waals surface area contributed by atoms with E-state index in [9.17, 15) is 4.79 Å². The summed E-state index contributed by atoms with van der Waals surface area (Å²) in [5.41, 5.74) is 2.31. The van der Waals surface area contributed by atoms with Crippen LogP contribution < -0.4 is 4.74 Å². The Morgan fingerprint density at radius 3 is 2.65 bits per heavy atom. The van der Waals surface area contributed by atoms with Crippen molar-refractivity contribution in [3.8, 4) is 17.2 Å². The van der Waals surface area contributed by atoms with Gasteiger partial charge in [-0.15, -0.1) is 0 Å². The van der Waals surface area contributed by atoms with Gasteiger partial charge in [-0.05, 0) is 49.7 Å². The van der Waals surface area contributed by atoms with Crippen molar-refractivity contribution in [1.29, 1.82) is 0 Å². The lowest BCUT2D eigenvalue weighted by molar-refractivity contribution is -0.147. The molecule has 1 heterocycles. The van der Waals surface area contributed by atoms with Crippen LogP contribution in [0.2, 0.25) is 5.02 Å². The number of benzene rings is 2. The van der Waals surface area contributed by atoms with Crippen LogP contribution in [-0.4, -0.2) is 17.6 Å². The Kier molecular flexibility index (Phi) is 5.58. The molecule has 0 N–H and O–H groups in total. The molecule has 0 unspecified atom stereocenters. The number of halogens is 1. The lowest BCUT2D eigenvalue weighted by Gasteiger charge is -2.09. The molecule has 0 saturated heterocycles. The monoisotopic (exact) mass is 371 g/mol. The molecule has 134 valence electrons. The van der Waals surface area contributed by atoms with Crippen LogP contribution in [0.25, 0.3) is 11.5 Å². The van der Waals surface area contributed by atoms with E-state index in [1.807, 2.05) is 37.3 Å². The van der Waals surface area contributed by atoms with E-state index in [4.69, 9.17) is 25.5 Å². The summed E-state index contributed by atoms with van der Waals surface area (Å²) in [6.45, 7) is 3.49. The Hall–Kier alpha value is -2.79. The SMILES string of the molecule is Cc1cc(Cl)ccc1OCC(=O)OCc1nc(-c2ccccc2)oc1C. The molecule has 3 rings (SSSR count). The molecule has 0 aliphatic rings. The second-order valence-corrected chi connectivity index (χ2v) is 6.18. The largest absolute Gasteiger partial charge is 0.482 e. The van der Waals surface area contributed by atoms with E-state index in [2.05, 4.69) is 4.98 Å². The van der Waals surface area contributed by atoms with Crippen LogP contribution in [0.1, 0.15) is 17.0 Å². The normalized spacial score (nSPS) is 10.6. The Morgan fingerprint density at radius 1 is 1.15 bits per heavy atom. The van der Waals surface area contributed by atoms with Crippen LogP contribution in [-0.2, 0) is 16.1 Å². The van der Waals surface area contributed by atoms with Crippen LogP contribution >= 0.6 is 11.6 Å². The second kappa shape index (κ2) is 8.06. The van der Waals surface area contributed by atoms with Gasteiger partial charge in [0.05, 0.1) is 0 Å². The van der Waals surface area contributed by atoms with E-state index in [0.717, 1.165) is 11.1 Å². The van der Waals surface area contributed by atoms with Gasteiger partial charge in [0.15, 0.2) is 6.61 Å². The molecule has 0 radical (unpaired) electrons. The molecule has 6 heteroatoms. The molecule has 5 nitrogen and oxygen atoms in total. The summed E-state index contributed by atoms with van der Waals surface area (Å²) in [4.78, 5) is 16.3. The number of oxazole rings is 1. The zero-order valence-electron chi connectivity index (χ0n) is 14.5. The van der Waals surface area contributed by atoms with Crippen molar-refractivity contribution in [3.05, 3.63) is 70.6 Å². The van der Waals surface area contributed by atoms with Crippen LogP contribution in [0.4, 0.5) is 0 Å². The third kappa shape index (κ3) is 4.43. The number of hydrogen-bond acceptors (Lipinski definition) is 5. The highest BCUT2D eigenvalue weighted by Crippen LogP contribution is 2.23. The minimum atomic E-state index is -0.483. The van der Waals surface area contributed by atoms with Crippen molar-refractivity contribution in [2.24, 2.45) is 0 Å². The standard InChI is InChI=1S/C20H18ClNO4/c1-13-10-16(21)8-9-18(13)24-12-19(23)25-11-17-14(2)26-20(22-17)15-6-4-3-5-7-15/h3-10H,11-12H2,1-2H3. The van der Waals surface area contributed by atoms with Gasteiger partial charge in [-0.25, -0.2) is 9.78 Å². The second-order valence-electron chi connectivity index (χ2n) is 5.75. The maximum Gasteiger partial charge on any atom is 0.344 e. The van der Waals surface area contributed by atoms with Crippen molar-refractivity contribution < 1.29 is 18.7 Å². The highest BCUT2D eigenvalue weighted by atomic mass is 35.5. The van der Waals surface area contributed by atoms with Gasteiger partial charge in [0.1, 0.15) is 23.8 Å². The van der Waals surface area contributed by atoms with Gasteiger partial charge in [-0.2, -0.15) is 0 Å². The Balaban J connectivity index is 1.55. The van der Waals surface area contributed by atoms with Crippen molar-refractivity contribution >= 4 is 17.6 Å². The highest BCUT2D eigenvalue weighted by molar-refractivity contribution is 6.30. The van der Waals surface area contributed by atoms with E-state index < -0.39 is 5.97 Å². The molecule has 0 atom stereocenters. The smallest absolute Gasteiger partial charge is 0.344 e. The first-order valence-electron chi connectivity index (χ1n) is 8.09. The topological polar surface area (TPSA) is 61.6 Å². The molecule has 0 aliphatic carbocycles. The fraction of sp³-hybridized carbons (Fsp3) is 0.200. The molecule has 0 bridgehead atoms. The van der Waals surface area contributed by atoms with Crippen LogP contribution in [0.15, 0.2) is 52.9 Å². The molecule has 3 aromatic rings. The number of aryl methyl sites for hydroxylation is 2. The van der Waals surface area contributed by atoms with Gasteiger partial charge in [0.2, 0.25) is 5.89 Å². The van der Waals surface area contributed by atoms with Gasteiger partial charge in [-0.1, -0.05) is 29.8 Å². The van der Waals surface area contributed by atoms with Gasteiger partial charge < -0.3 is 13.9 Å². The predicted molar refractivity (Wildman–Crippen MR) is 98.2 cm³/mol. The maximum atomic E-state index is 11.9. The Morgan fingerprint density at radius 2 is 1.92 bits per heavy atom. The Bertz CT molecular complexity index is 905. The molecule has 26 heavy (non-hydrogen) atoms. The van der Waals surface area contributed by atoms with E-state index in [-0.39, 0.29) is 13.2 Å².